The van der Waals surface area contributed by atoms with E-state index in [1.54, 1.807) is 0 Å². The van der Waals surface area contributed by atoms with E-state index in [-0.39, 0.29) is 57.3 Å². The fraction of sp³-hybridized carbons (Fsp3) is 0.500. The Hall–Kier alpha value is 1.69. The molecule has 0 spiro atoms. The predicted octanol–water partition coefficient (Wildman–Crippen LogP) is 0.274. The Kier molecular flexibility index (Phi) is 12.6. The van der Waals surface area contributed by atoms with Crippen LogP contribution in [0.15, 0.2) is 0 Å². The van der Waals surface area contributed by atoms with Crippen molar-refractivity contribution in [2.45, 2.75) is 0 Å². The van der Waals surface area contributed by atoms with Gasteiger partial charge in [0.2, 0.25) is 0 Å². The number of carbonyl (C=O) groups excluding carboxylic acids is 1. The van der Waals surface area contributed by atoms with E-state index >= 15 is 0 Å². The second kappa shape index (κ2) is 7.69. The van der Waals surface area contributed by atoms with Gasteiger partial charge in [-0.05, 0) is 0 Å². The van der Waals surface area contributed by atoms with Gasteiger partial charge in [0.1, 0.15) is 17.7 Å². The number of carbonyl (C=O) groups is 1. The van der Waals surface area contributed by atoms with Crippen molar-refractivity contribution in [2.75, 3.05) is 5.88 Å². The molecule has 0 aromatic carbocycles. The molecule has 0 saturated heterocycles. The van der Waals surface area contributed by atoms with Crippen LogP contribution in [-0.2, 0) is 9.08 Å². The summed E-state index contributed by atoms with van der Waals surface area (Å²) in [5, 5.41) is 0. The van der Waals surface area contributed by atoms with Crippen LogP contribution >= 0.6 is 23.5 Å². The quantitative estimate of drug-likeness (QED) is 0.416. The van der Waals surface area contributed by atoms with Crippen LogP contribution in [0, 0.1) is 0 Å². The van der Waals surface area contributed by atoms with E-state index in [4.69, 9.17) is 11.6 Å². The van der Waals surface area contributed by atoms with Gasteiger partial charge in [-0.15, -0.1) is 11.6 Å². The third-order valence-corrected chi connectivity index (χ3v) is 0.585. The molecule has 0 atom stereocenters. The first-order valence-corrected chi connectivity index (χ1v) is 2.03. The molecular formula is C2H3Cl2KO2. The third kappa shape index (κ3) is 7.69. The molecule has 0 aliphatic rings. The Balaban J connectivity index is 0. The molecule has 0 aromatic rings. The van der Waals surface area contributed by atoms with Crippen molar-refractivity contribution < 1.29 is 9.08 Å². The first-order chi connectivity index (χ1) is 2.81. The molecule has 0 rings (SSSR count). The molecule has 0 amide bonds. The summed E-state index contributed by atoms with van der Waals surface area (Å²) in [5.41, 5.74) is 0. The zero-order valence-corrected chi connectivity index (χ0v) is 4.29. The molecule has 0 saturated carbocycles. The summed E-state index contributed by atoms with van der Waals surface area (Å²) in [6.07, 6.45) is 0. The van der Waals surface area contributed by atoms with Gasteiger partial charge in [0.25, 0.3) is 0 Å². The number of alkyl halides is 1. The van der Waals surface area contributed by atoms with Crippen LogP contribution in [0.25, 0.3) is 0 Å². The first kappa shape index (κ1) is 11.5. The zero-order valence-electron chi connectivity index (χ0n) is 2.78. The van der Waals surface area contributed by atoms with E-state index < -0.39 is 5.97 Å². The van der Waals surface area contributed by atoms with Gasteiger partial charge in [0.15, 0.2) is 0 Å². The average molecular weight is 169 g/mol. The predicted molar refractivity (Wildman–Crippen MR) is 29.8 cm³/mol. The minimum absolute atomic E-state index is 0. The molecule has 0 N–H and O–H groups in total. The second-order valence-electron chi connectivity index (χ2n) is 0.583. The molecule has 38 valence electrons. The first-order valence-electron chi connectivity index (χ1n) is 1.18. The number of hydrogen-bond acceptors (Lipinski definition) is 2. The summed E-state index contributed by atoms with van der Waals surface area (Å²) >= 11 is 9.41. The topological polar surface area (TPSA) is 26.3 Å². The van der Waals surface area contributed by atoms with Crippen molar-refractivity contribution in [3.8, 4) is 0 Å². The van der Waals surface area contributed by atoms with Crippen LogP contribution in [0.5, 0.6) is 0 Å². The number of halogens is 2. The van der Waals surface area contributed by atoms with Crippen molar-refractivity contribution in [3.05, 3.63) is 0 Å². The molecule has 5 heteroatoms. The van der Waals surface area contributed by atoms with Gasteiger partial charge in [-0.25, -0.2) is 4.79 Å². The molecule has 0 heterocycles. The number of rotatable bonds is 1. The molecule has 0 fully saturated rings. The van der Waals surface area contributed by atoms with Crippen LogP contribution in [0.2, 0.25) is 0 Å². The summed E-state index contributed by atoms with van der Waals surface area (Å²) < 4.78 is 3.60. The number of hydrogen-bond donors (Lipinski definition) is 0. The molecule has 2 nitrogen and oxygen atoms in total. The van der Waals surface area contributed by atoms with Crippen molar-refractivity contribution in [1.29, 1.82) is 0 Å². The van der Waals surface area contributed by atoms with Crippen molar-refractivity contribution in [3.63, 3.8) is 0 Å². The Morgan fingerprint density at radius 2 is 2.14 bits per heavy atom. The maximum atomic E-state index is 9.69. The molecule has 0 aromatic heterocycles. The van der Waals surface area contributed by atoms with Gasteiger partial charge in [0.05, 0.1) is 0 Å². The van der Waals surface area contributed by atoms with Gasteiger partial charge in [-0.1, -0.05) is 0 Å². The van der Waals surface area contributed by atoms with E-state index in [1.165, 1.54) is 0 Å². The van der Waals surface area contributed by atoms with E-state index in [9.17, 15) is 4.79 Å². The van der Waals surface area contributed by atoms with Gasteiger partial charge >= 0.3 is 57.4 Å². The van der Waals surface area contributed by atoms with Crippen LogP contribution < -0.4 is 0 Å². The molecule has 0 aliphatic heterocycles. The van der Waals surface area contributed by atoms with E-state index in [0.29, 0.717) is 0 Å². The summed E-state index contributed by atoms with van der Waals surface area (Å²) in [5.74, 6) is -0.818. The van der Waals surface area contributed by atoms with E-state index in [1.807, 2.05) is 0 Å². The molecule has 0 aliphatic carbocycles. The SMILES string of the molecule is O=C(CCl)OCl.[KH]. The maximum absolute atomic E-state index is 9.69. The van der Waals surface area contributed by atoms with Gasteiger partial charge in [-0.2, -0.15) is 0 Å². The van der Waals surface area contributed by atoms with Crippen molar-refractivity contribution in [2.24, 2.45) is 0 Å². The fourth-order valence-corrected chi connectivity index (χ4v) is 0.186. The molecular weight excluding hydrogens is 166 g/mol. The van der Waals surface area contributed by atoms with E-state index in [0.717, 1.165) is 0 Å². The van der Waals surface area contributed by atoms with Crippen LogP contribution in [0.1, 0.15) is 0 Å². The Morgan fingerprint density at radius 1 is 1.71 bits per heavy atom. The Bertz CT molecular complexity index is 51.7. The van der Waals surface area contributed by atoms with Crippen LogP contribution in [0.3, 0.4) is 0 Å². The molecule has 0 radical (unpaired) electrons. The third-order valence-electron chi connectivity index (χ3n) is 0.195. The van der Waals surface area contributed by atoms with E-state index in [2.05, 4.69) is 16.2 Å². The molecule has 7 heavy (non-hydrogen) atoms. The Morgan fingerprint density at radius 3 is 2.14 bits per heavy atom. The normalized spacial score (nSPS) is 6.57. The van der Waals surface area contributed by atoms with Gasteiger partial charge < -0.3 is 4.29 Å². The van der Waals surface area contributed by atoms with Gasteiger partial charge in [0, 0.05) is 0 Å². The van der Waals surface area contributed by atoms with Crippen molar-refractivity contribution >= 4 is 80.8 Å². The Labute approximate surface area is 94.1 Å². The standard InChI is InChI=1S/C2H2Cl2O2.K.H/c3-1-2(5)6-4;;/h1H2;;. The van der Waals surface area contributed by atoms with Crippen LogP contribution in [-0.4, -0.2) is 63.2 Å². The molecule has 0 unspecified atom stereocenters. The van der Waals surface area contributed by atoms with Gasteiger partial charge in [-0.3, -0.25) is 0 Å². The summed E-state index contributed by atoms with van der Waals surface area (Å²) in [6, 6.07) is 0. The molecule has 0 bridgehead atoms. The monoisotopic (exact) mass is 168 g/mol. The average Bonchev–Trinajstić information content (AvgIpc) is 1.65. The summed E-state index contributed by atoms with van der Waals surface area (Å²) in [6.45, 7) is 0. The minimum atomic E-state index is -0.627. The summed E-state index contributed by atoms with van der Waals surface area (Å²) in [4.78, 5) is 9.69. The second-order valence-corrected chi connectivity index (χ2v) is 1.00. The summed E-state index contributed by atoms with van der Waals surface area (Å²) in [7, 11) is 0. The van der Waals surface area contributed by atoms with Crippen LogP contribution in [0.4, 0.5) is 0 Å². The fourth-order valence-electron chi connectivity index (χ4n) is 0.0206. The van der Waals surface area contributed by atoms with Crippen molar-refractivity contribution in [1.82, 2.24) is 0 Å². The zero-order chi connectivity index (χ0) is 4.99.